The number of sulfone groups is 1. The molecule has 0 fully saturated rings. The molecule has 1 rings (SSSR count). The first-order valence-corrected chi connectivity index (χ1v) is 9.08. The molecule has 1 atom stereocenters. The molecule has 0 aliphatic heterocycles. The number of hydrogen-bond acceptors (Lipinski definition) is 3. The van der Waals surface area contributed by atoms with Gasteiger partial charge in [-0.05, 0) is 43.4 Å². The van der Waals surface area contributed by atoms with Gasteiger partial charge in [-0.15, -0.1) is 0 Å². The van der Waals surface area contributed by atoms with Crippen molar-refractivity contribution in [2.24, 2.45) is 5.92 Å². The minimum absolute atomic E-state index is 0.0587. The van der Waals surface area contributed by atoms with Gasteiger partial charge >= 0.3 is 5.76 Å². The maximum atomic E-state index is 12.4. The summed E-state index contributed by atoms with van der Waals surface area (Å²) in [5, 5.41) is 2.87. The Hall–Kier alpha value is -1.50. The summed E-state index contributed by atoms with van der Waals surface area (Å²) in [6.07, 6.45) is 1.98. The highest BCUT2D eigenvalue weighted by atomic mass is 32.2. The lowest BCUT2D eigenvalue weighted by Gasteiger charge is -2.15. The Morgan fingerprint density at radius 1 is 1.09 bits per heavy atom. The Morgan fingerprint density at radius 2 is 1.65 bits per heavy atom. The van der Waals surface area contributed by atoms with E-state index in [4.69, 9.17) is 0 Å². The quantitative estimate of drug-likeness (QED) is 0.786. The van der Waals surface area contributed by atoms with Crippen molar-refractivity contribution >= 4 is 15.7 Å². The van der Waals surface area contributed by atoms with Gasteiger partial charge in [-0.25, -0.2) is 8.42 Å². The molecule has 0 aliphatic carbocycles. The number of carbonyl (C=O) groups is 1. The Labute approximate surface area is 136 Å². The van der Waals surface area contributed by atoms with E-state index in [1.807, 2.05) is 6.92 Å². The third-order valence-corrected chi connectivity index (χ3v) is 4.83. The van der Waals surface area contributed by atoms with E-state index in [9.17, 15) is 22.0 Å². The molecule has 23 heavy (non-hydrogen) atoms. The zero-order valence-electron chi connectivity index (χ0n) is 13.6. The Morgan fingerprint density at radius 3 is 2.13 bits per heavy atom. The van der Waals surface area contributed by atoms with Crippen molar-refractivity contribution < 1.29 is 22.0 Å². The second-order valence-corrected chi connectivity index (χ2v) is 7.98. The summed E-state index contributed by atoms with van der Waals surface area (Å²) in [4.78, 5) is 11.5. The number of rotatable bonds is 8. The van der Waals surface area contributed by atoms with Crippen molar-refractivity contribution in [1.29, 1.82) is 0 Å². The van der Waals surface area contributed by atoms with E-state index in [1.165, 1.54) is 12.1 Å². The number of benzene rings is 1. The first-order valence-electron chi connectivity index (χ1n) is 7.53. The summed E-state index contributed by atoms with van der Waals surface area (Å²) in [5.41, 5.74) is 0.576. The number of hydrogen-bond donors (Lipinski definition) is 1. The van der Waals surface area contributed by atoms with Crippen LogP contribution in [0.1, 0.15) is 39.2 Å². The summed E-state index contributed by atoms with van der Waals surface area (Å²) in [7, 11) is -4.59. The molecule has 1 aromatic rings. The van der Waals surface area contributed by atoms with Gasteiger partial charge in [-0.3, -0.25) is 4.79 Å². The molecule has 0 spiro atoms. The van der Waals surface area contributed by atoms with Gasteiger partial charge in [0.15, 0.2) is 0 Å². The maximum Gasteiger partial charge on any atom is 0.341 e. The smallest absolute Gasteiger partial charge is 0.341 e. The summed E-state index contributed by atoms with van der Waals surface area (Å²) in [5.74, 6) is -3.05. The third kappa shape index (κ3) is 6.25. The van der Waals surface area contributed by atoms with Crippen LogP contribution in [0.5, 0.6) is 0 Å². The van der Waals surface area contributed by atoms with Gasteiger partial charge < -0.3 is 5.32 Å². The van der Waals surface area contributed by atoms with Gasteiger partial charge in [0.1, 0.15) is 0 Å². The fraction of sp³-hybridized carbons (Fsp3) is 0.562. The first kappa shape index (κ1) is 19.5. The van der Waals surface area contributed by atoms with Crippen LogP contribution in [-0.4, -0.2) is 26.1 Å². The molecule has 0 bridgehead atoms. The number of nitrogens with one attached hydrogen (secondary N) is 1. The van der Waals surface area contributed by atoms with Gasteiger partial charge in [0.25, 0.3) is 0 Å². The molecule has 0 aliphatic rings. The van der Waals surface area contributed by atoms with Crippen LogP contribution >= 0.6 is 0 Å². The van der Waals surface area contributed by atoms with Gasteiger partial charge in [-0.2, -0.15) is 8.78 Å². The van der Waals surface area contributed by atoms with Crippen molar-refractivity contribution in [2.75, 3.05) is 0 Å². The Balaban J connectivity index is 2.60. The molecule has 1 aromatic carbocycles. The van der Waals surface area contributed by atoms with Crippen LogP contribution in [0.3, 0.4) is 0 Å². The fourth-order valence-electron chi connectivity index (χ4n) is 2.07. The van der Waals surface area contributed by atoms with Crippen molar-refractivity contribution in [3.8, 4) is 0 Å². The molecule has 7 heteroatoms. The lowest BCUT2D eigenvalue weighted by molar-refractivity contribution is -0.121. The zero-order chi connectivity index (χ0) is 17.6. The standard InChI is InChI=1S/C16H23F2NO3S/c1-11(2)4-5-12(3)19-15(20)10-13-6-8-14(9-7-13)23(21,22)16(17)18/h6-9,11-12,16H,4-5,10H2,1-3H3,(H,19,20)/t12-/m0/s1. The van der Waals surface area contributed by atoms with E-state index in [-0.39, 0.29) is 18.4 Å². The molecule has 130 valence electrons. The van der Waals surface area contributed by atoms with Crippen LogP contribution in [0.2, 0.25) is 0 Å². The average Bonchev–Trinajstić information content (AvgIpc) is 2.45. The number of carbonyl (C=O) groups excluding carboxylic acids is 1. The molecule has 1 N–H and O–H groups in total. The second kappa shape index (κ2) is 8.38. The summed E-state index contributed by atoms with van der Waals surface area (Å²) in [6, 6.07) is 5.03. The van der Waals surface area contributed by atoms with Gasteiger partial charge in [0.05, 0.1) is 11.3 Å². The minimum atomic E-state index is -4.59. The maximum absolute atomic E-state index is 12.4. The van der Waals surface area contributed by atoms with Gasteiger partial charge in [0.2, 0.25) is 15.7 Å². The SMILES string of the molecule is CC(C)CC[C@H](C)NC(=O)Cc1ccc(S(=O)(=O)C(F)F)cc1. The number of alkyl halides is 2. The van der Waals surface area contributed by atoms with Crippen molar-refractivity contribution in [3.05, 3.63) is 29.8 Å². The molecular weight excluding hydrogens is 324 g/mol. The predicted octanol–water partition coefficient (Wildman–Crippen LogP) is 3.17. The van der Waals surface area contributed by atoms with Crippen molar-refractivity contribution in [2.45, 2.75) is 56.7 Å². The van der Waals surface area contributed by atoms with Crippen molar-refractivity contribution in [3.63, 3.8) is 0 Å². The van der Waals surface area contributed by atoms with E-state index < -0.39 is 20.5 Å². The monoisotopic (exact) mass is 347 g/mol. The molecule has 0 saturated carbocycles. The summed E-state index contributed by atoms with van der Waals surface area (Å²) in [6.45, 7) is 6.16. The topological polar surface area (TPSA) is 63.2 Å². The molecule has 0 unspecified atom stereocenters. The van der Waals surface area contributed by atoms with Crippen LogP contribution < -0.4 is 5.32 Å². The molecule has 0 radical (unpaired) electrons. The highest BCUT2D eigenvalue weighted by Crippen LogP contribution is 2.18. The van der Waals surface area contributed by atoms with Crippen molar-refractivity contribution in [1.82, 2.24) is 5.32 Å². The zero-order valence-corrected chi connectivity index (χ0v) is 14.4. The fourth-order valence-corrected chi connectivity index (χ4v) is 2.79. The van der Waals surface area contributed by atoms with E-state index in [2.05, 4.69) is 19.2 Å². The highest BCUT2D eigenvalue weighted by molar-refractivity contribution is 7.91. The average molecular weight is 347 g/mol. The number of halogens is 2. The van der Waals surface area contributed by atoms with Crippen LogP contribution in [0.15, 0.2) is 29.2 Å². The molecule has 4 nitrogen and oxygen atoms in total. The lowest BCUT2D eigenvalue weighted by atomic mass is 10.0. The van der Waals surface area contributed by atoms with Gasteiger partial charge in [-0.1, -0.05) is 26.0 Å². The van der Waals surface area contributed by atoms with E-state index in [0.717, 1.165) is 25.0 Å². The highest BCUT2D eigenvalue weighted by Gasteiger charge is 2.26. The largest absolute Gasteiger partial charge is 0.353 e. The van der Waals surface area contributed by atoms with Crippen LogP contribution in [-0.2, 0) is 21.1 Å². The van der Waals surface area contributed by atoms with Crippen LogP contribution in [0.25, 0.3) is 0 Å². The lowest BCUT2D eigenvalue weighted by Crippen LogP contribution is -2.33. The molecular formula is C16H23F2NO3S. The summed E-state index contributed by atoms with van der Waals surface area (Å²) < 4.78 is 47.5. The van der Waals surface area contributed by atoms with Gasteiger partial charge in [0, 0.05) is 6.04 Å². The first-order chi connectivity index (χ1) is 10.6. The molecule has 0 heterocycles. The third-order valence-electron chi connectivity index (χ3n) is 3.44. The van der Waals surface area contributed by atoms with E-state index >= 15 is 0 Å². The van der Waals surface area contributed by atoms with Crippen LogP contribution in [0, 0.1) is 5.92 Å². The number of amides is 1. The normalized spacial score (nSPS) is 13.3. The Bertz CT molecular complexity index is 613. The van der Waals surface area contributed by atoms with Crippen LogP contribution in [0.4, 0.5) is 8.78 Å². The van der Waals surface area contributed by atoms with E-state index in [1.54, 1.807) is 0 Å². The summed E-state index contributed by atoms with van der Waals surface area (Å²) >= 11 is 0. The molecule has 0 saturated heterocycles. The van der Waals surface area contributed by atoms with E-state index in [0.29, 0.717) is 11.5 Å². The Kier molecular flexibility index (Phi) is 7.12. The minimum Gasteiger partial charge on any atom is -0.353 e. The predicted molar refractivity (Wildman–Crippen MR) is 85.0 cm³/mol. The molecule has 1 amide bonds. The second-order valence-electron chi connectivity index (χ2n) is 6.07. The molecule has 0 aromatic heterocycles.